The van der Waals surface area contributed by atoms with Crippen molar-refractivity contribution >= 4 is 33.9 Å². The zero-order valence-electron chi connectivity index (χ0n) is 18.5. The highest BCUT2D eigenvalue weighted by Crippen LogP contribution is 2.36. The summed E-state index contributed by atoms with van der Waals surface area (Å²) in [6, 6.07) is 3.06. The zero-order chi connectivity index (χ0) is 24.5. The molecule has 2 rings (SSSR count). The molecule has 2 amide bonds. The van der Waals surface area contributed by atoms with Crippen LogP contribution >= 0.6 is 15.9 Å². The molecular weight excluding hydrogens is 497 g/mol. The molecule has 0 N–H and O–H groups in total. The molecule has 178 valence electrons. The molecule has 1 aliphatic rings. The Balaban J connectivity index is 2.34. The third kappa shape index (κ3) is 5.73. The molecule has 0 spiro atoms. The van der Waals surface area contributed by atoms with Crippen molar-refractivity contribution in [3.8, 4) is 0 Å². The van der Waals surface area contributed by atoms with Crippen LogP contribution in [0.15, 0.2) is 22.7 Å². The van der Waals surface area contributed by atoms with Crippen molar-refractivity contribution in [1.29, 1.82) is 0 Å². The maximum absolute atomic E-state index is 13.0. The van der Waals surface area contributed by atoms with E-state index in [9.17, 15) is 27.6 Å². The molecule has 1 aromatic rings. The highest BCUT2D eigenvalue weighted by Gasteiger charge is 2.58. The number of likely N-dealkylation sites (tertiary alicyclic amines) is 1. The number of benzene rings is 1. The van der Waals surface area contributed by atoms with Crippen LogP contribution in [-0.2, 0) is 31.8 Å². The molecule has 1 aliphatic heterocycles. The SMILES string of the molecule is CCOC(=O)C1(N(Cc2ccc(C(F)(F)F)cc2Br)C(C)=O)CN(C(=O)OC(C)(C)C)C1. The van der Waals surface area contributed by atoms with E-state index in [1.165, 1.54) is 22.8 Å². The average molecular weight is 523 g/mol. The highest BCUT2D eigenvalue weighted by atomic mass is 79.9. The molecule has 7 nitrogen and oxygen atoms in total. The van der Waals surface area contributed by atoms with Gasteiger partial charge in [0.25, 0.3) is 0 Å². The minimum Gasteiger partial charge on any atom is -0.464 e. The molecule has 11 heteroatoms. The average Bonchev–Trinajstić information content (AvgIpc) is 2.58. The van der Waals surface area contributed by atoms with Crippen molar-refractivity contribution in [1.82, 2.24) is 9.80 Å². The monoisotopic (exact) mass is 522 g/mol. The second-order valence-electron chi connectivity index (χ2n) is 8.50. The van der Waals surface area contributed by atoms with Gasteiger partial charge in [-0.1, -0.05) is 22.0 Å². The van der Waals surface area contributed by atoms with Gasteiger partial charge in [0.15, 0.2) is 5.54 Å². The Morgan fingerprint density at radius 1 is 1.19 bits per heavy atom. The van der Waals surface area contributed by atoms with Crippen LogP contribution in [0.2, 0.25) is 0 Å². The molecule has 0 unspecified atom stereocenters. The van der Waals surface area contributed by atoms with Gasteiger partial charge in [0.1, 0.15) is 5.60 Å². The fourth-order valence-corrected chi connectivity index (χ4v) is 3.81. The van der Waals surface area contributed by atoms with Crippen molar-refractivity contribution in [2.45, 2.75) is 58.5 Å². The molecule has 0 radical (unpaired) electrons. The number of amides is 2. The van der Waals surface area contributed by atoms with Crippen molar-refractivity contribution in [2.75, 3.05) is 19.7 Å². The fraction of sp³-hybridized carbons (Fsp3) is 0.571. The second kappa shape index (κ2) is 9.29. The largest absolute Gasteiger partial charge is 0.464 e. The van der Waals surface area contributed by atoms with E-state index in [0.29, 0.717) is 5.56 Å². The standard InChI is InChI=1S/C21H26BrF3N2O5/c1-6-31-17(29)20(11-26(12-20)18(30)32-19(3,4)5)27(13(2)28)10-14-7-8-15(9-16(14)22)21(23,24)25/h7-9H,6,10-12H2,1-5H3. The lowest BCUT2D eigenvalue weighted by molar-refractivity contribution is -0.176. The van der Waals surface area contributed by atoms with E-state index in [1.807, 2.05) is 0 Å². The van der Waals surface area contributed by atoms with E-state index in [0.717, 1.165) is 12.1 Å². The van der Waals surface area contributed by atoms with Gasteiger partial charge in [-0.25, -0.2) is 9.59 Å². The van der Waals surface area contributed by atoms with Gasteiger partial charge in [-0.3, -0.25) is 4.79 Å². The summed E-state index contributed by atoms with van der Waals surface area (Å²) in [5.74, 6) is -1.19. The zero-order valence-corrected chi connectivity index (χ0v) is 20.1. The van der Waals surface area contributed by atoms with Crippen molar-refractivity contribution in [2.24, 2.45) is 0 Å². The molecule has 1 aromatic carbocycles. The first-order chi connectivity index (χ1) is 14.6. The number of nitrogens with zero attached hydrogens (tertiary/aromatic N) is 2. The van der Waals surface area contributed by atoms with Crippen LogP contribution in [0.25, 0.3) is 0 Å². The summed E-state index contributed by atoms with van der Waals surface area (Å²) in [5, 5.41) is 0. The number of hydrogen-bond donors (Lipinski definition) is 0. The predicted octanol–water partition coefficient (Wildman–Crippen LogP) is 4.37. The number of halogens is 4. The lowest BCUT2D eigenvalue weighted by atomic mass is 9.87. The van der Waals surface area contributed by atoms with Crippen LogP contribution in [0.4, 0.5) is 18.0 Å². The highest BCUT2D eigenvalue weighted by molar-refractivity contribution is 9.10. The lowest BCUT2D eigenvalue weighted by Crippen LogP contribution is -2.76. The van der Waals surface area contributed by atoms with E-state index in [2.05, 4.69) is 15.9 Å². The van der Waals surface area contributed by atoms with E-state index in [4.69, 9.17) is 9.47 Å². The number of rotatable bonds is 5. The second-order valence-corrected chi connectivity index (χ2v) is 9.35. The summed E-state index contributed by atoms with van der Waals surface area (Å²) in [5.41, 5.74) is -2.69. The molecular formula is C21H26BrF3N2O5. The summed E-state index contributed by atoms with van der Waals surface area (Å²) in [6.45, 7) is 7.55. The molecule has 1 heterocycles. The third-order valence-electron chi connectivity index (χ3n) is 4.82. The number of carbonyl (C=O) groups excluding carboxylic acids is 3. The Morgan fingerprint density at radius 3 is 2.22 bits per heavy atom. The van der Waals surface area contributed by atoms with E-state index < -0.39 is 40.8 Å². The topological polar surface area (TPSA) is 76.2 Å². The van der Waals surface area contributed by atoms with Gasteiger partial charge in [0, 0.05) is 17.9 Å². The number of ether oxygens (including phenoxy) is 2. The molecule has 0 aromatic heterocycles. The molecule has 0 atom stereocenters. The fourth-order valence-electron chi connectivity index (χ4n) is 3.30. The van der Waals surface area contributed by atoms with Crippen molar-refractivity contribution in [3.63, 3.8) is 0 Å². The number of esters is 1. The molecule has 0 bridgehead atoms. The van der Waals surface area contributed by atoms with Gasteiger partial charge >= 0.3 is 18.2 Å². The molecule has 0 saturated carbocycles. The summed E-state index contributed by atoms with van der Waals surface area (Å²) >= 11 is 3.12. The molecule has 0 aliphatic carbocycles. The summed E-state index contributed by atoms with van der Waals surface area (Å²) in [7, 11) is 0. The minimum absolute atomic E-state index is 0.0583. The van der Waals surface area contributed by atoms with Gasteiger partial charge in [0.2, 0.25) is 5.91 Å². The van der Waals surface area contributed by atoms with Crippen LogP contribution in [0.5, 0.6) is 0 Å². The normalized spacial score (nSPS) is 15.6. The Labute approximate surface area is 192 Å². The molecule has 1 fully saturated rings. The quantitative estimate of drug-likeness (QED) is 0.536. The van der Waals surface area contributed by atoms with E-state index in [1.54, 1.807) is 27.7 Å². The van der Waals surface area contributed by atoms with Gasteiger partial charge in [-0.05, 0) is 45.4 Å². The molecule has 1 saturated heterocycles. The summed E-state index contributed by atoms with van der Waals surface area (Å²) in [6.07, 6.45) is -5.16. The summed E-state index contributed by atoms with van der Waals surface area (Å²) < 4.78 is 49.5. The minimum atomic E-state index is -4.52. The number of carbonyl (C=O) groups is 3. The molecule has 32 heavy (non-hydrogen) atoms. The first kappa shape index (κ1) is 26.0. The van der Waals surface area contributed by atoms with Gasteiger partial charge < -0.3 is 19.3 Å². The van der Waals surface area contributed by atoms with E-state index >= 15 is 0 Å². The smallest absolute Gasteiger partial charge is 0.416 e. The van der Waals surface area contributed by atoms with Crippen molar-refractivity contribution < 1.29 is 37.0 Å². The Morgan fingerprint density at radius 2 is 1.78 bits per heavy atom. The number of hydrogen-bond acceptors (Lipinski definition) is 5. The maximum atomic E-state index is 13.0. The first-order valence-electron chi connectivity index (χ1n) is 9.89. The van der Waals surface area contributed by atoms with Crippen molar-refractivity contribution in [3.05, 3.63) is 33.8 Å². The Kier molecular flexibility index (Phi) is 7.53. The van der Waals surface area contributed by atoms with Crippen LogP contribution in [0.3, 0.4) is 0 Å². The Hall–Kier alpha value is -2.30. The van der Waals surface area contributed by atoms with Gasteiger partial charge in [0.05, 0.1) is 25.3 Å². The Bertz CT molecular complexity index is 892. The third-order valence-corrected chi connectivity index (χ3v) is 5.56. The van der Waals surface area contributed by atoms with Crippen LogP contribution in [0.1, 0.15) is 45.7 Å². The summed E-state index contributed by atoms with van der Waals surface area (Å²) in [4.78, 5) is 40.3. The van der Waals surface area contributed by atoms with Crippen LogP contribution < -0.4 is 0 Å². The lowest BCUT2D eigenvalue weighted by Gasteiger charge is -2.52. The van der Waals surface area contributed by atoms with Crippen LogP contribution in [-0.4, -0.2) is 58.6 Å². The predicted molar refractivity (Wildman–Crippen MR) is 113 cm³/mol. The van der Waals surface area contributed by atoms with Crippen LogP contribution in [0, 0.1) is 0 Å². The number of alkyl halides is 3. The van der Waals surface area contributed by atoms with E-state index in [-0.39, 0.29) is 30.7 Å². The maximum Gasteiger partial charge on any atom is 0.416 e. The van der Waals surface area contributed by atoms with Gasteiger partial charge in [-0.15, -0.1) is 0 Å². The van der Waals surface area contributed by atoms with Gasteiger partial charge in [-0.2, -0.15) is 13.2 Å². The first-order valence-corrected chi connectivity index (χ1v) is 10.7.